The van der Waals surface area contributed by atoms with E-state index in [0.717, 1.165) is 24.1 Å². The van der Waals surface area contributed by atoms with Crippen LogP contribution in [-0.2, 0) is 12.8 Å². The number of nitrogens with zero attached hydrogens (tertiary/aromatic N) is 1. The van der Waals surface area contributed by atoms with Crippen LogP contribution in [0.25, 0.3) is 0 Å². The van der Waals surface area contributed by atoms with E-state index in [0.29, 0.717) is 0 Å². The molecule has 0 atom stereocenters. The molecule has 0 radical (unpaired) electrons. The van der Waals surface area contributed by atoms with Crippen molar-refractivity contribution < 1.29 is 5.11 Å². The molecule has 0 aromatic heterocycles. The van der Waals surface area contributed by atoms with Crippen LogP contribution in [0.4, 0.5) is 5.69 Å². The number of aryl methyl sites for hydroxylation is 2. The van der Waals surface area contributed by atoms with E-state index in [4.69, 9.17) is 0 Å². The van der Waals surface area contributed by atoms with Gasteiger partial charge in [-0.15, -0.1) is 0 Å². The van der Waals surface area contributed by atoms with Crippen molar-refractivity contribution >= 4 is 11.9 Å². The third kappa shape index (κ3) is 3.44. The molecular formula is C17H19NO. The Labute approximate surface area is 114 Å². The fourth-order valence-corrected chi connectivity index (χ4v) is 1.89. The topological polar surface area (TPSA) is 32.6 Å². The van der Waals surface area contributed by atoms with Crippen molar-refractivity contribution in [1.29, 1.82) is 0 Å². The molecule has 0 aliphatic heterocycles. The average molecular weight is 253 g/mol. The number of phenolic OH excluding ortho intramolecular Hbond substituents is 1. The fraction of sp³-hybridized carbons (Fsp3) is 0.235. The van der Waals surface area contributed by atoms with E-state index in [1.807, 2.05) is 24.3 Å². The fourth-order valence-electron chi connectivity index (χ4n) is 1.89. The maximum Gasteiger partial charge on any atom is 0.124 e. The lowest BCUT2D eigenvalue weighted by molar-refractivity contribution is 0.474. The molecule has 98 valence electrons. The van der Waals surface area contributed by atoms with Crippen LogP contribution in [0, 0.1) is 0 Å². The summed E-state index contributed by atoms with van der Waals surface area (Å²) >= 11 is 0. The standard InChI is InChI=1S/C17H19NO/c1-3-13-5-8-16(9-6-13)18-12-15-11-14(4-2)7-10-17(15)19/h5-12,19H,3-4H2,1-2H3. The Hall–Kier alpha value is -2.09. The molecule has 1 N–H and O–H groups in total. The largest absolute Gasteiger partial charge is 0.507 e. The first-order valence-electron chi connectivity index (χ1n) is 6.67. The lowest BCUT2D eigenvalue weighted by Gasteiger charge is -2.02. The summed E-state index contributed by atoms with van der Waals surface area (Å²) in [6.07, 6.45) is 3.70. The van der Waals surface area contributed by atoms with Crippen LogP contribution < -0.4 is 0 Å². The first kappa shape index (κ1) is 13.3. The molecule has 2 aromatic rings. The number of hydrogen-bond donors (Lipinski definition) is 1. The minimum atomic E-state index is 0.270. The molecule has 0 aliphatic rings. The van der Waals surface area contributed by atoms with Crippen molar-refractivity contribution in [3.8, 4) is 5.75 Å². The molecule has 0 spiro atoms. The monoisotopic (exact) mass is 253 g/mol. The molecule has 2 heteroatoms. The predicted molar refractivity (Wildman–Crippen MR) is 80.6 cm³/mol. The van der Waals surface area contributed by atoms with E-state index >= 15 is 0 Å². The van der Waals surface area contributed by atoms with Crippen molar-refractivity contribution in [2.24, 2.45) is 4.99 Å². The van der Waals surface area contributed by atoms with Gasteiger partial charge in [0.15, 0.2) is 0 Å². The second-order valence-electron chi connectivity index (χ2n) is 4.52. The maximum absolute atomic E-state index is 9.80. The van der Waals surface area contributed by atoms with Gasteiger partial charge in [0.2, 0.25) is 0 Å². The number of aliphatic imine (C=N–C) groups is 1. The number of phenols is 1. The third-order valence-electron chi connectivity index (χ3n) is 3.20. The minimum Gasteiger partial charge on any atom is -0.507 e. The molecular weight excluding hydrogens is 234 g/mol. The van der Waals surface area contributed by atoms with Crippen molar-refractivity contribution in [3.05, 3.63) is 59.2 Å². The molecule has 0 saturated carbocycles. The Morgan fingerprint density at radius 2 is 1.58 bits per heavy atom. The van der Waals surface area contributed by atoms with Gasteiger partial charge >= 0.3 is 0 Å². The number of rotatable bonds is 4. The first-order chi connectivity index (χ1) is 9.22. The normalized spacial score (nSPS) is 11.1. The zero-order valence-corrected chi connectivity index (χ0v) is 11.4. The van der Waals surface area contributed by atoms with Gasteiger partial charge in [-0.2, -0.15) is 0 Å². The third-order valence-corrected chi connectivity index (χ3v) is 3.20. The Balaban J connectivity index is 2.21. The smallest absolute Gasteiger partial charge is 0.124 e. The Morgan fingerprint density at radius 1 is 0.947 bits per heavy atom. The van der Waals surface area contributed by atoms with Crippen molar-refractivity contribution in [3.63, 3.8) is 0 Å². The van der Waals surface area contributed by atoms with Gasteiger partial charge in [-0.1, -0.05) is 32.0 Å². The Morgan fingerprint density at radius 3 is 2.21 bits per heavy atom. The second-order valence-corrected chi connectivity index (χ2v) is 4.52. The summed E-state index contributed by atoms with van der Waals surface area (Å²) in [5.74, 6) is 0.270. The highest BCUT2D eigenvalue weighted by molar-refractivity contribution is 5.85. The van der Waals surface area contributed by atoms with Crippen LogP contribution in [0.3, 0.4) is 0 Å². The predicted octanol–water partition coefficient (Wildman–Crippen LogP) is 4.27. The Bertz CT molecular complexity index is 570. The summed E-state index contributed by atoms with van der Waals surface area (Å²) in [4.78, 5) is 4.40. The van der Waals surface area contributed by atoms with Crippen molar-refractivity contribution in [2.45, 2.75) is 26.7 Å². The van der Waals surface area contributed by atoms with Gasteiger partial charge < -0.3 is 5.11 Å². The number of hydrogen-bond acceptors (Lipinski definition) is 2. The molecule has 0 amide bonds. The van der Waals surface area contributed by atoms with Crippen LogP contribution >= 0.6 is 0 Å². The molecule has 2 aromatic carbocycles. The zero-order chi connectivity index (χ0) is 13.7. The van der Waals surface area contributed by atoms with E-state index in [2.05, 4.69) is 31.0 Å². The molecule has 0 bridgehead atoms. The van der Waals surface area contributed by atoms with Gasteiger partial charge in [0.05, 0.1) is 5.69 Å². The number of benzene rings is 2. The molecule has 0 unspecified atom stereocenters. The van der Waals surface area contributed by atoms with Gasteiger partial charge in [-0.25, -0.2) is 0 Å². The van der Waals surface area contributed by atoms with E-state index in [9.17, 15) is 5.11 Å². The van der Waals surface area contributed by atoms with Crippen LogP contribution in [0.2, 0.25) is 0 Å². The number of aromatic hydroxyl groups is 1. The van der Waals surface area contributed by atoms with E-state index in [-0.39, 0.29) is 5.75 Å². The van der Waals surface area contributed by atoms with Crippen molar-refractivity contribution in [1.82, 2.24) is 0 Å². The van der Waals surface area contributed by atoms with Crippen LogP contribution in [0.5, 0.6) is 5.75 Å². The summed E-state index contributed by atoms with van der Waals surface area (Å²) < 4.78 is 0. The molecule has 0 heterocycles. The van der Waals surface area contributed by atoms with Gasteiger partial charge in [0.1, 0.15) is 5.75 Å². The van der Waals surface area contributed by atoms with Gasteiger partial charge in [-0.05, 0) is 48.2 Å². The van der Waals surface area contributed by atoms with Crippen LogP contribution in [0.15, 0.2) is 47.5 Å². The lowest BCUT2D eigenvalue weighted by Crippen LogP contribution is -1.86. The molecule has 0 fully saturated rings. The summed E-state index contributed by atoms with van der Waals surface area (Å²) in [6.45, 7) is 4.23. The average Bonchev–Trinajstić information content (AvgIpc) is 2.47. The highest BCUT2D eigenvalue weighted by atomic mass is 16.3. The van der Waals surface area contributed by atoms with Crippen LogP contribution in [0.1, 0.15) is 30.5 Å². The van der Waals surface area contributed by atoms with Crippen molar-refractivity contribution in [2.75, 3.05) is 0 Å². The molecule has 0 saturated heterocycles. The SMILES string of the molecule is CCc1ccc(N=Cc2cc(CC)ccc2O)cc1. The lowest BCUT2D eigenvalue weighted by atomic mass is 10.1. The molecule has 2 nitrogen and oxygen atoms in total. The summed E-state index contributed by atoms with van der Waals surface area (Å²) in [5, 5.41) is 9.80. The van der Waals surface area contributed by atoms with E-state index < -0.39 is 0 Å². The van der Waals surface area contributed by atoms with Gasteiger partial charge in [0, 0.05) is 11.8 Å². The first-order valence-corrected chi connectivity index (χ1v) is 6.67. The highest BCUT2D eigenvalue weighted by Crippen LogP contribution is 2.19. The summed E-state index contributed by atoms with van der Waals surface area (Å²) in [6, 6.07) is 13.8. The van der Waals surface area contributed by atoms with E-state index in [1.54, 1.807) is 12.3 Å². The van der Waals surface area contributed by atoms with Gasteiger partial charge in [0.25, 0.3) is 0 Å². The Kier molecular flexibility index (Phi) is 4.35. The molecule has 0 aliphatic carbocycles. The minimum absolute atomic E-state index is 0.270. The van der Waals surface area contributed by atoms with Crippen LogP contribution in [-0.4, -0.2) is 11.3 Å². The molecule has 19 heavy (non-hydrogen) atoms. The highest BCUT2D eigenvalue weighted by Gasteiger charge is 1.99. The van der Waals surface area contributed by atoms with E-state index in [1.165, 1.54) is 11.1 Å². The van der Waals surface area contributed by atoms with Gasteiger partial charge in [-0.3, -0.25) is 4.99 Å². The maximum atomic E-state index is 9.80. The quantitative estimate of drug-likeness (QED) is 0.811. The summed E-state index contributed by atoms with van der Waals surface area (Å²) in [7, 11) is 0. The molecule has 2 rings (SSSR count). The summed E-state index contributed by atoms with van der Waals surface area (Å²) in [5.41, 5.74) is 4.16. The second kappa shape index (κ2) is 6.19. The zero-order valence-electron chi connectivity index (χ0n) is 11.4.